The number of imidazole rings is 1. The van der Waals surface area contributed by atoms with Crippen molar-refractivity contribution in [3.05, 3.63) is 96.7 Å². The molecule has 1 amide bonds. The van der Waals surface area contributed by atoms with Crippen LogP contribution in [0, 0.1) is 11.7 Å². The monoisotopic (exact) mass is 534 g/mol. The minimum Gasteiger partial charge on any atom is -0.489 e. The van der Waals surface area contributed by atoms with Crippen molar-refractivity contribution < 1.29 is 22.3 Å². The Labute approximate surface area is 220 Å². The third-order valence-electron chi connectivity index (χ3n) is 6.42. The lowest BCUT2D eigenvalue weighted by Crippen LogP contribution is -2.52. The Morgan fingerprint density at radius 2 is 1.76 bits per heavy atom. The molecule has 1 saturated heterocycles. The predicted molar refractivity (Wildman–Crippen MR) is 142 cm³/mol. The number of hydrogen-bond donors (Lipinski definition) is 1. The van der Waals surface area contributed by atoms with Crippen LogP contribution in [0.3, 0.4) is 0 Å². The van der Waals surface area contributed by atoms with Crippen LogP contribution in [-0.2, 0) is 16.4 Å². The molecule has 4 aromatic rings. The van der Waals surface area contributed by atoms with Gasteiger partial charge in [-0.15, -0.1) is 0 Å². The summed E-state index contributed by atoms with van der Waals surface area (Å²) in [7, 11) is -3.23. The fraction of sp³-hybridized carbons (Fsp3) is 0.214. The van der Waals surface area contributed by atoms with Gasteiger partial charge >= 0.3 is 6.03 Å². The minimum absolute atomic E-state index is 0.234. The van der Waals surface area contributed by atoms with E-state index in [4.69, 9.17) is 4.74 Å². The number of para-hydroxylation sites is 1. The summed E-state index contributed by atoms with van der Waals surface area (Å²) in [6.07, 6.45) is 4.32. The van der Waals surface area contributed by atoms with Gasteiger partial charge in [-0.1, -0.05) is 24.3 Å². The fourth-order valence-corrected chi connectivity index (χ4v) is 4.86. The Bertz CT molecular complexity index is 1530. The molecule has 8 nitrogen and oxygen atoms in total. The molecule has 10 heteroatoms. The summed E-state index contributed by atoms with van der Waals surface area (Å²) in [6, 6.07) is 20.4. The standard InChI is InChI=1S/C28H27FN4O4S/c1-38(35,36)24-12-6-20(7-13-24)18-37-23-10-8-22(9-11-23)26-17-33(19-31-26)28(34)30-14-21-15-32(16-21)27-5-3-2-4-25(27)29/h2-13,17,19,21H,14-16,18H2,1H3,(H,30,34). The first kappa shape index (κ1) is 25.5. The quantitative estimate of drug-likeness (QED) is 0.361. The number of carbonyl (C=O) groups is 1. The van der Waals surface area contributed by atoms with E-state index < -0.39 is 9.84 Å². The molecular formula is C28H27FN4O4S. The molecule has 0 atom stereocenters. The molecule has 196 valence electrons. The number of benzene rings is 3. The largest absolute Gasteiger partial charge is 0.489 e. The Hall–Kier alpha value is -4.18. The zero-order chi connectivity index (χ0) is 26.7. The van der Waals surface area contributed by atoms with Crippen LogP contribution in [0.2, 0.25) is 0 Å². The van der Waals surface area contributed by atoms with E-state index in [0.29, 0.717) is 43.4 Å². The predicted octanol–water partition coefficient (Wildman–Crippen LogP) is 4.37. The van der Waals surface area contributed by atoms with Crippen LogP contribution < -0.4 is 15.0 Å². The van der Waals surface area contributed by atoms with Crippen molar-refractivity contribution in [3.63, 3.8) is 0 Å². The van der Waals surface area contributed by atoms with Gasteiger partial charge in [0.15, 0.2) is 9.84 Å². The van der Waals surface area contributed by atoms with Crippen LogP contribution >= 0.6 is 0 Å². The Morgan fingerprint density at radius 1 is 1.05 bits per heavy atom. The molecule has 5 rings (SSSR count). The van der Waals surface area contributed by atoms with Crippen LogP contribution in [0.15, 0.2) is 90.2 Å². The van der Waals surface area contributed by atoms with Crippen LogP contribution in [0.1, 0.15) is 5.56 Å². The normalized spacial score (nSPS) is 13.7. The van der Waals surface area contributed by atoms with Crippen molar-refractivity contribution in [3.8, 4) is 17.0 Å². The van der Waals surface area contributed by atoms with Crippen LogP contribution in [0.4, 0.5) is 14.9 Å². The lowest BCUT2D eigenvalue weighted by atomic mass is 9.99. The van der Waals surface area contributed by atoms with Gasteiger partial charge in [0, 0.05) is 43.6 Å². The van der Waals surface area contributed by atoms with Gasteiger partial charge in [0.25, 0.3) is 0 Å². The summed E-state index contributed by atoms with van der Waals surface area (Å²) >= 11 is 0. The first-order chi connectivity index (χ1) is 18.3. The second-order valence-corrected chi connectivity index (χ2v) is 11.3. The smallest absolute Gasteiger partial charge is 0.326 e. The van der Waals surface area contributed by atoms with Crippen LogP contribution in [0.5, 0.6) is 5.75 Å². The number of hydrogen-bond acceptors (Lipinski definition) is 6. The van der Waals surface area contributed by atoms with Crippen molar-refractivity contribution >= 4 is 21.6 Å². The number of anilines is 1. The van der Waals surface area contributed by atoms with Gasteiger partial charge in [-0.3, -0.25) is 4.57 Å². The molecule has 0 spiro atoms. The van der Waals surface area contributed by atoms with Crippen LogP contribution in [-0.4, -0.2) is 49.9 Å². The minimum atomic E-state index is -3.23. The Kier molecular flexibility index (Phi) is 7.15. The van der Waals surface area contributed by atoms with Crippen LogP contribution in [0.25, 0.3) is 11.3 Å². The number of halogens is 1. The van der Waals surface area contributed by atoms with E-state index in [-0.39, 0.29) is 22.7 Å². The molecule has 1 N–H and O–H groups in total. The zero-order valence-electron chi connectivity index (χ0n) is 20.7. The van der Waals surface area contributed by atoms with E-state index in [0.717, 1.165) is 11.1 Å². The number of sulfone groups is 1. The first-order valence-corrected chi connectivity index (χ1v) is 14.0. The molecule has 3 aromatic carbocycles. The summed E-state index contributed by atoms with van der Waals surface area (Å²) in [4.78, 5) is 19.2. The second kappa shape index (κ2) is 10.7. The van der Waals surface area contributed by atoms with Gasteiger partial charge in [0.1, 0.15) is 24.5 Å². The Balaban J connectivity index is 1.10. The first-order valence-electron chi connectivity index (χ1n) is 12.1. The molecule has 0 saturated carbocycles. The highest BCUT2D eigenvalue weighted by Crippen LogP contribution is 2.27. The molecule has 0 unspecified atom stereocenters. The third-order valence-corrected chi connectivity index (χ3v) is 7.54. The Morgan fingerprint density at radius 3 is 2.45 bits per heavy atom. The van der Waals surface area contributed by atoms with E-state index >= 15 is 0 Å². The molecule has 1 aromatic heterocycles. The van der Waals surface area contributed by atoms with Crippen molar-refractivity contribution in [2.45, 2.75) is 11.5 Å². The van der Waals surface area contributed by atoms with Crippen molar-refractivity contribution in [1.82, 2.24) is 14.9 Å². The number of nitrogens with zero attached hydrogens (tertiary/aromatic N) is 3. The van der Waals surface area contributed by atoms with E-state index in [1.807, 2.05) is 35.2 Å². The molecule has 38 heavy (non-hydrogen) atoms. The average Bonchev–Trinajstić information content (AvgIpc) is 3.38. The van der Waals surface area contributed by atoms with E-state index in [1.165, 1.54) is 23.2 Å². The number of rotatable bonds is 8. The second-order valence-electron chi connectivity index (χ2n) is 9.30. The third kappa shape index (κ3) is 5.86. The lowest BCUT2D eigenvalue weighted by molar-refractivity contribution is 0.238. The van der Waals surface area contributed by atoms with Crippen molar-refractivity contribution in [1.29, 1.82) is 0 Å². The lowest BCUT2D eigenvalue weighted by Gasteiger charge is -2.41. The summed E-state index contributed by atoms with van der Waals surface area (Å²) in [5.41, 5.74) is 2.93. The fourth-order valence-electron chi connectivity index (χ4n) is 4.23. The molecule has 1 fully saturated rings. The van der Waals surface area contributed by atoms with Gasteiger partial charge in [0.2, 0.25) is 0 Å². The molecule has 0 radical (unpaired) electrons. The summed E-state index contributed by atoms with van der Waals surface area (Å²) in [5, 5.41) is 2.92. The highest BCUT2D eigenvalue weighted by Gasteiger charge is 2.28. The maximum atomic E-state index is 13.9. The number of carbonyl (C=O) groups excluding carboxylic acids is 1. The average molecular weight is 535 g/mol. The maximum absolute atomic E-state index is 13.9. The number of nitrogens with one attached hydrogen (secondary N) is 1. The highest BCUT2D eigenvalue weighted by molar-refractivity contribution is 7.90. The van der Waals surface area contributed by atoms with Gasteiger partial charge in [-0.25, -0.2) is 22.6 Å². The SMILES string of the molecule is CS(=O)(=O)c1ccc(COc2ccc(-c3cn(C(=O)NCC4CN(c5ccccc5F)C4)cn3)cc2)cc1. The van der Waals surface area contributed by atoms with Gasteiger partial charge < -0.3 is 15.0 Å². The zero-order valence-corrected chi connectivity index (χ0v) is 21.6. The van der Waals surface area contributed by atoms with Gasteiger partial charge in [0.05, 0.1) is 16.3 Å². The molecular weight excluding hydrogens is 507 g/mol. The topological polar surface area (TPSA) is 93.5 Å². The van der Waals surface area contributed by atoms with Crippen molar-refractivity contribution in [2.75, 3.05) is 30.8 Å². The van der Waals surface area contributed by atoms with E-state index in [9.17, 15) is 17.6 Å². The number of aromatic nitrogens is 2. The van der Waals surface area contributed by atoms with Gasteiger partial charge in [-0.2, -0.15) is 0 Å². The number of amides is 1. The van der Waals surface area contributed by atoms with Gasteiger partial charge in [-0.05, 0) is 54.1 Å². The molecule has 0 aliphatic carbocycles. The summed E-state index contributed by atoms with van der Waals surface area (Å²) in [5.74, 6) is 0.677. The maximum Gasteiger partial charge on any atom is 0.326 e. The molecule has 1 aliphatic heterocycles. The highest BCUT2D eigenvalue weighted by atomic mass is 32.2. The van der Waals surface area contributed by atoms with E-state index in [2.05, 4.69) is 10.3 Å². The molecule has 1 aliphatic rings. The molecule has 0 bridgehead atoms. The summed E-state index contributed by atoms with van der Waals surface area (Å²) in [6.45, 7) is 2.19. The number of ether oxygens (including phenoxy) is 1. The molecule has 2 heterocycles. The van der Waals surface area contributed by atoms with Crippen molar-refractivity contribution in [2.24, 2.45) is 5.92 Å². The summed E-state index contributed by atoms with van der Waals surface area (Å²) < 4.78 is 44.3. The van der Waals surface area contributed by atoms with E-state index in [1.54, 1.807) is 42.6 Å².